The number of aliphatic imine (C=N–C) groups is 1. The highest BCUT2D eigenvalue weighted by Gasteiger charge is 2.23. The molecule has 5 nitrogen and oxygen atoms in total. The zero-order valence-electron chi connectivity index (χ0n) is 14.9. The minimum atomic E-state index is 0.319. The maximum Gasteiger partial charge on any atom is 0.191 e. The Bertz CT molecular complexity index is 527. The first-order valence-corrected chi connectivity index (χ1v) is 8.16. The van der Waals surface area contributed by atoms with Crippen molar-refractivity contribution in [3.8, 4) is 11.5 Å². The van der Waals surface area contributed by atoms with Gasteiger partial charge in [-0.15, -0.1) is 0 Å². The molecule has 1 aliphatic heterocycles. The van der Waals surface area contributed by atoms with Crippen LogP contribution in [0.15, 0.2) is 23.2 Å². The molecule has 1 aliphatic rings. The maximum absolute atomic E-state index is 5.30. The van der Waals surface area contributed by atoms with Crippen molar-refractivity contribution in [3.63, 3.8) is 0 Å². The van der Waals surface area contributed by atoms with E-state index in [-0.39, 0.29) is 0 Å². The van der Waals surface area contributed by atoms with E-state index in [1.54, 1.807) is 14.2 Å². The van der Waals surface area contributed by atoms with Crippen molar-refractivity contribution in [2.24, 2.45) is 10.4 Å². The number of methoxy groups -OCH3 is 2. The highest BCUT2D eigenvalue weighted by molar-refractivity contribution is 5.81. The molecule has 2 rings (SSSR count). The number of nitrogens with zero attached hydrogens (tertiary/aromatic N) is 1. The van der Waals surface area contributed by atoms with Gasteiger partial charge >= 0.3 is 0 Å². The Kier molecular flexibility index (Phi) is 5.74. The molecular formula is C18H29N3O2. The number of rotatable bonds is 6. The SMILES string of the molecule is COc1cc(CCNC2=NCC(CC(C)(C)C)N2)cc(OC)c1. The van der Waals surface area contributed by atoms with Crippen LogP contribution in [0.25, 0.3) is 0 Å². The molecule has 0 aromatic heterocycles. The van der Waals surface area contributed by atoms with Crippen molar-refractivity contribution in [2.75, 3.05) is 27.3 Å². The molecule has 0 bridgehead atoms. The predicted octanol–water partition coefficient (Wildman–Crippen LogP) is 2.60. The molecule has 1 heterocycles. The van der Waals surface area contributed by atoms with Gasteiger partial charge in [-0.1, -0.05) is 20.8 Å². The van der Waals surface area contributed by atoms with Crippen LogP contribution < -0.4 is 20.1 Å². The van der Waals surface area contributed by atoms with Gasteiger partial charge in [0.15, 0.2) is 5.96 Å². The van der Waals surface area contributed by atoms with Gasteiger partial charge in [-0.25, -0.2) is 0 Å². The molecule has 0 saturated carbocycles. The Morgan fingerprint density at radius 3 is 2.39 bits per heavy atom. The van der Waals surface area contributed by atoms with E-state index in [0.717, 1.165) is 43.4 Å². The van der Waals surface area contributed by atoms with E-state index < -0.39 is 0 Å². The highest BCUT2D eigenvalue weighted by Crippen LogP contribution is 2.23. The van der Waals surface area contributed by atoms with E-state index in [2.05, 4.69) is 36.4 Å². The van der Waals surface area contributed by atoms with E-state index in [0.29, 0.717) is 11.5 Å². The van der Waals surface area contributed by atoms with Crippen LogP contribution in [-0.2, 0) is 6.42 Å². The molecule has 2 N–H and O–H groups in total. The number of ether oxygens (including phenoxy) is 2. The molecule has 0 spiro atoms. The molecule has 0 aliphatic carbocycles. The molecule has 0 amide bonds. The minimum Gasteiger partial charge on any atom is -0.497 e. The average molecular weight is 319 g/mol. The van der Waals surface area contributed by atoms with Gasteiger partial charge in [-0.3, -0.25) is 4.99 Å². The van der Waals surface area contributed by atoms with Gasteiger partial charge in [-0.05, 0) is 36.0 Å². The van der Waals surface area contributed by atoms with Crippen molar-refractivity contribution >= 4 is 5.96 Å². The fourth-order valence-corrected chi connectivity index (χ4v) is 2.78. The summed E-state index contributed by atoms with van der Waals surface area (Å²) in [6, 6.07) is 6.40. The minimum absolute atomic E-state index is 0.319. The standard InChI is InChI=1S/C18H29N3O2/c1-18(2,3)11-14-12-20-17(21-14)19-7-6-13-8-15(22-4)10-16(9-13)23-5/h8-10,14H,6-7,11-12H2,1-5H3,(H2,19,20,21). The molecule has 23 heavy (non-hydrogen) atoms. The largest absolute Gasteiger partial charge is 0.497 e. The van der Waals surface area contributed by atoms with Crippen LogP contribution in [-0.4, -0.2) is 39.3 Å². The zero-order chi connectivity index (χ0) is 16.9. The summed E-state index contributed by atoms with van der Waals surface area (Å²) in [5, 5.41) is 6.85. The van der Waals surface area contributed by atoms with Crippen LogP contribution in [0.1, 0.15) is 32.8 Å². The Balaban J connectivity index is 1.80. The second kappa shape index (κ2) is 7.57. The topological polar surface area (TPSA) is 54.9 Å². The predicted molar refractivity (Wildman–Crippen MR) is 94.6 cm³/mol. The van der Waals surface area contributed by atoms with Crippen LogP contribution in [0.5, 0.6) is 11.5 Å². The van der Waals surface area contributed by atoms with Crippen molar-refractivity contribution in [2.45, 2.75) is 39.7 Å². The lowest BCUT2D eigenvalue weighted by Crippen LogP contribution is -2.41. The second-order valence-electron chi connectivity index (χ2n) is 7.19. The lowest BCUT2D eigenvalue weighted by atomic mass is 9.88. The van der Waals surface area contributed by atoms with E-state index in [1.807, 2.05) is 18.2 Å². The molecule has 0 fully saturated rings. The quantitative estimate of drug-likeness (QED) is 0.846. The Morgan fingerprint density at radius 1 is 1.17 bits per heavy atom. The van der Waals surface area contributed by atoms with Gasteiger partial charge in [0, 0.05) is 18.7 Å². The monoisotopic (exact) mass is 319 g/mol. The Hall–Kier alpha value is -1.91. The van der Waals surface area contributed by atoms with E-state index >= 15 is 0 Å². The van der Waals surface area contributed by atoms with Gasteiger partial charge in [0.25, 0.3) is 0 Å². The third-order valence-corrected chi connectivity index (χ3v) is 3.79. The zero-order valence-corrected chi connectivity index (χ0v) is 14.9. The van der Waals surface area contributed by atoms with Gasteiger partial charge < -0.3 is 20.1 Å². The lowest BCUT2D eigenvalue weighted by molar-refractivity contribution is 0.335. The fourth-order valence-electron chi connectivity index (χ4n) is 2.78. The Labute approximate surface area is 139 Å². The summed E-state index contributed by atoms with van der Waals surface area (Å²) >= 11 is 0. The summed E-state index contributed by atoms with van der Waals surface area (Å²) in [4.78, 5) is 4.54. The summed E-state index contributed by atoms with van der Waals surface area (Å²) in [6.07, 6.45) is 2.01. The van der Waals surface area contributed by atoms with Crippen molar-refractivity contribution in [3.05, 3.63) is 23.8 Å². The lowest BCUT2D eigenvalue weighted by Gasteiger charge is -2.23. The maximum atomic E-state index is 5.30. The molecule has 1 unspecified atom stereocenters. The summed E-state index contributed by atoms with van der Waals surface area (Å²) in [5.74, 6) is 2.55. The van der Waals surface area contributed by atoms with Crippen molar-refractivity contribution in [1.29, 1.82) is 0 Å². The summed E-state index contributed by atoms with van der Waals surface area (Å²) < 4.78 is 10.6. The third-order valence-electron chi connectivity index (χ3n) is 3.79. The van der Waals surface area contributed by atoms with Crippen molar-refractivity contribution < 1.29 is 9.47 Å². The molecular weight excluding hydrogens is 290 g/mol. The average Bonchev–Trinajstić information content (AvgIpc) is 2.92. The smallest absolute Gasteiger partial charge is 0.191 e. The van der Waals surface area contributed by atoms with Crippen molar-refractivity contribution in [1.82, 2.24) is 10.6 Å². The van der Waals surface area contributed by atoms with Crippen LogP contribution >= 0.6 is 0 Å². The summed E-state index contributed by atoms with van der Waals surface area (Å²) in [6.45, 7) is 8.46. The third kappa shape index (κ3) is 5.66. The van der Waals surface area contributed by atoms with Crippen LogP contribution in [0.4, 0.5) is 0 Å². The van der Waals surface area contributed by atoms with Gasteiger partial charge in [0.1, 0.15) is 11.5 Å². The number of guanidine groups is 1. The molecule has 1 aromatic carbocycles. The molecule has 128 valence electrons. The van der Waals surface area contributed by atoms with Gasteiger partial charge in [0.05, 0.1) is 20.8 Å². The first-order chi connectivity index (χ1) is 10.9. The number of hydrogen-bond acceptors (Lipinski definition) is 5. The molecule has 1 aromatic rings. The highest BCUT2D eigenvalue weighted by atomic mass is 16.5. The van der Waals surface area contributed by atoms with E-state index in [1.165, 1.54) is 5.56 Å². The fraction of sp³-hybridized carbons (Fsp3) is 0.611. The first-order valence-electron chi connectivity index (χ1n) is 8.16. The summed E-state index contributed by atoms with van der Waals surface area (Å²) in [7, 11) is 3.34. The number of hydrogen-bond donors (Lipinski definition) is 2. The summed E-state index contributed by atoms with van der Waals surface area (Å²) in [5.41, 5.74) is 1.50. The molecule has 1 atom stereocenters. The van der Waals surface area contributed by atoms with E-state index in [4.69, 9.17) is 9.47 Å². The van der Waals surface area contributed by atoms with Gasteiger partial charge in [0.2, 0.25) is 0 Å². The molecule has 5 heteroatoms. The second-order valence-corrected chi connectivity index (χ2v) is 7.19. The van der Waals surface area contributed by atoms with E-state index in [9.17, 15) is 0 Å². The first kappa shape index (κ1) is 17.4. The van der Waals surface area contributed by atoms with Crippen LogP contribution in [0.3, 0.4) is 0 Å². The molecule has 0 saturated heterocycles. The van der Waals surface area contributed by atoms with Crippen LogP contribution in [0, 0.1) is 5.41 Å². The van der Waals surface area contributed by atoms with Crippen LogP contribution in [0.2, 0.25) is 0 Å². The Morgan fingerprint density at radius 2 is 1.83 bits per heavy atom. The number of nitrogens with one attached hydrogen (secondary N) is 2. The molecule has 0 radical (unpaired) electrons. The normalized spacial score (nSPS) is 17.4. The van der Waals surface area contributed by atoms with Gasteiger partial charge in [-0.2, -0.15) is 0 Å². The number of benzene rings is 1.